The second-order valence-corrected chi connectivity index (χ2v) is 4.88. The molecule has 0 atom stereocenters. The third kappa shape index (κ3) is 2.92. The predicted molar refractivity (Wildman–Crippen MR) is 68.2 cm³/mol. The summed E-state index contributed by atoms with van der Waals surface area (Å²) in [5.74, 6) is 0.594. The lowest BCUT2D eigenvalue weighted by atomic mass is 9.97. The molecule has 2 rings (SSSR count). The van der Waals surface area contributed by atoms with E-state index in [1.807, 2.05) is 12.1 Å². The van der Waals surface area contributed by atoms with Gasteiger partial charge in [-0.05, 0) is 19.1 Å². The molecule has 0 radical (unpaired) electrons. The highest BCUT2D eigenvalue weighted by Crippen LogP contribution is 2.22. The van der Waals surface area contributed by atoms with Crippen molar-refractivity contribution in [1.29, 1.82) is 0 Å². The fourth-order valence-corrected chi connectivity index (χ4v) is 1.97. The Labute approximate surface area is 106 Å². The van der Waals surface area contributed by atoms with E-state index >= 15 is 0 Å². The molecule has 0 aliphatic carbocycles. The van der Waals surface area contributed by atoms with Gasteiger partial charge in [0.1, 0.15) is 5.75 Å². The zero-order chi connectivity index (χ0) is 13.2. The number of nitrogens with zero attached hydrogens (tertiary/aromatic N) is 1. The highest BCUT2D eigenvalue weighted by molar-refractivity contribution is 5.77. The molecule has 5 heteroatoms. The Morgan fingerprint density at radius 3 is 2.78 bits per heavy atom. The second-order valence-electron chi connectivity index (χ2n) is 4.88. The molecule has 1 aromatic carbocycles. The van der Waals surface area contributed by atoms with Gasteiger partial charge in [0.2, 0.25) is 5.91 Å². The normalized spacial score (nSPS) is 17.1. The Hall–Kier alpha value is -1.75. The quantitative estimate of drug-likeness (QED) is 0.769. The van der Waals surface area contributed by atoms with Crippen molar-refractivity contribution in [1.82, 2.24) is 4.90 Å². The predicted octanol–water partition coefficient (Wildman–Crippen LogP) is 0.631. The number of hydrogen-bond acceptors (Lipinski definition) is 4. The molecular formula is C13H18N2O3. The van der Waals surface area contributed by atoms with Crippen LogP contribution in [-0.2, 0) is 4.79 Å². The number of nitrogen functional groups attached to an aromatic ring is 1. The van der Waals surface area contributed by atoms with Crippen LogP contribution in [0, 0.1) is 0 Å². The van der Waals surface area contributed by atoms with Gasteiger partial charge in [-0.2, -0.15) is 0 Å². The van der Waals surface area contributed by atoms with E-state index < -0.39 is 5.60 Å². The fraction of sp³-hybridized carbons (Fsp3) is 0.462. The largest absolute Gasteiger partial charge is 0.491 e. The molecular weight excluding hydrogens is 232 g/mol. The third-order valence-electron chi connectivity index (χ3n) is 2.91. The Morgan fingerprint density at radius 2 is 2.17 bits per heavy atom. The minimum Gasteiger partial charge on any atom is -0.491 e. The molecule has 5 nitrogen and oxygen atoms in total. The Bertz CT molecular complexity index is 438. The number of hydrogen-bond donors (Lipinski definition) is 2. The maximum Gasteiger partial charge on any atom is 0.226 e. The zero-order valence-electron chi connectivity index (χ0n) is 10.4. The molecule has 1 saturated heterocycles. The van der Waals surface area contributed by atoms with E-state index in [1.54, 1.807) is 24.0 Å². The summed E-state index contributed by atoms with van der Waals surface area (Å²) in [4.78, 5) is 13.3. The van der Waals surface area contributed by atoms with Gasteiger partial charge in [-0.15, -0.1) is 0 Å². The highest BCUT2D eigenvalue weighted by Gasteiger charge is 2.38. The minimum absolute atomic E-state index is 0.00368. The van der Waals surface area contributed by atoms with E-state index in [-0.39, 0.29) is 5.91 Å². The number of carbonyl (C=O) groups is 1. The summed E-state index contributed by atoms with van der Waals surface area (Å²) in [5, 5.41) is 9.53. The van der Waals surface area contributed by atoms with Crippen LogP contribution in [-0.4, -0.2) is 41.2 Å². The number of benzene rings is 1. The molecule has 1 amide bonds. The number of rotatable bonds is 4. The van der Waals surface area contributed by atoms with Crippen molar-refractivity contribution in [2.75, 3.05) is 25.4 Å². The van der Waals surface area contributed by atoms with Crippen molar-refractivity contribution in [3.8, 4) is 5.75 Å². The maximum absolute atomic E-state index is 11.7. The number of likely N-dealkylation sites (tertiary alicyclic amines) is 1. The lowest BCUT2D eigenvalue weighted by Crippen LogP contribution is -2.61. The van der Waals surface area contributed by atoms with Crippen LogP contribution in [0.5, 0.6) is 5.75 Å². The number of β-amino-alcohol motifs (C(OH)–C–C–N with tert-alkyl or cyclic N) is 1. The summed E-state index contributed by atoms with van der Waals surface area (Å²) in [6.07, 6.45) is 0.296. The van der Waals surface area contributed by atoms with Gasteiger partial charge >= 0.3 is 0 Å². The van der Waals surface area contributed by atoms with Crippen LogP contribution in [0.2, 0.25) is 0 Å². The van der Waals surface area contributed by atoms with Crippen molar-refractivity contribution in [2.45, 2.75) is 18.9 Å². The van der Waals surface area contributed by atoms with Crippen LogP contribution in [0.15, 0.2) is 24.3 Å². The summed E-state index contributed by atoms with van der Waals surface area (Å²) in [7, 11) is 0. The van der Waals surface area contributed by atoms with Gasteiger partial charge in [0, 0.05) is 0 Å². The molecule has 1 aliphatic heterocycles. The van der Waals surface area contributed by atoms with Crippen LogP contribution in [0.1, 0.15) is 13.3 Å². The van der Waals surface area contributed by atoms with Crippen LogP contribution in [0.3, 0.4) is 0 Å². The van der Waals surface area contributed by atoms with E-state index in [0.717, 1.165) is 0 Å². The number of ether oxygens (including phenoxy) is 1. The average molecular weight is 250 g/mol. The second kappa shape index (κ2) is 4.86. The summed E-state index contributed by atoms with van der Waals surface area (Å²) >= 11 is 0. The van der Waals surface area contributed by atoms with E-state index in [2.05, 4.69) is 0 Å². The van der Waals surface area contributed by atoms with Crippen LogP contribution in [0.25, 0.3) is 0 Å². The molecule has 0 unspecified atom stereocenters. The van der Waals surface area contributed by atoms with Crippen LogP contribution in [0.4, 0.5) is 5.69 Å². The highest BCUT2D eigenvalue weighted by atomic mass is 16.5. The molecule has 1 fully saturated rings. The van der Waals surface area contributed by atoms with E-state index in [0.29, 0.717) is 37.6 Å². The minimum atomic E-state index is -0.722. The molecule has 0 aromatic heterocycles. The standard InChI is InChI=1S/C13H18N2O3/c1-13(17)8-15(9-13)12(16)6-7-18-11-5-3-2-4-10(11)14/h2-5,17H,6-9,14H2,1H3. The zero-order valence-corrected chi connectivity index (χ0v) is 10.4. The molecule has 1 aliphatic rings. The average Bonchev–Trinajstić information content (AvgIpc) is 2.28. The topological polar surface area (TPSA) is 75.8 Å². The number of carbonyl (C=O) groups excluding carboxylic acids is 1. The van der Waals surface area contributed by atoms with Crippen LogP contribution >= 0.6 is 0 Å². The van der Waals surface area contributed by atoms with Gasteiger partial charge in [0.15, 0.2) is 0 Å². The summed E-state index contributed by atoms with van der Waals surface area (Å²) < 4.78 is 5.44. The van der Waals surface area contributed by atoms with Crippen molar-refractivity contribution in [2.24, 2.45) is 0 Å². The SMILES string of the molecule is CC1(O)CN(C(=O)CCOc2ccccc2N)C1. The van der Waals surface area contributed by atoms with Gasteiger partial charge in [0.05, 0.1) is 37.4 Å². The molecule has 1 heterocycles. The number of nitrogens with two attached hydrogens (primary N) is 1. The van der Waals surface area contributed by atoms with Gasteiger partial charge < -0.3 is 20.5 Å². The van der Waals surface area contributed by atoms with Gasteiger partial charge in [-0.3, -0.25) is 4.79 Å². The number of para-hydroxylation sites is 2. The molecule has 98 valence electrons. The van der Waals surface area contributed by atoms with E-state index in [9.17, 15) is 9.90 Å². The molecule has 18 heavy (non-hydrogen) atoms. The van der Waals surface area contributed by atoms with E-state index in [4.69, 9.17) is 10.5 Å². The molecule has 1 aromatic rings. The summed E-state index contributed by atoms with van der Waals surface area (Å²) in [5.41, 5.74) is 5.56. The summed E-state index contributed by atoms with van der Waals surface area (Å²) in [6, 6.07) is 7.19. The molecule has 0 saturated carbocycles. The first-order chi connectivity index (χ1) is 8.48. The monoisotopic (exact) mass is 250 g/mol. The number of amides is 1. The van der Waals surface area contributed by atoms with Crippen molar-refractivity contribution >= 4 is 11.6 Å². The molecule has 0 bridgehead atoms. The maximum atomic E-state index is 11.7. The first kappa shape index (κ1) is 12.7. The van der Waals surface area contributed by atoms with Crippen LogP contribution < -0.4 is 10.5 Å². The molecule has 0 spiro atoms. The van der Waals surface area contributed by atoms with E-state index in [1.165, 1.54) is 0 Å². The van der Waals surface area contributed by atoms with Gasteiger partial charge in [-0.25, -0.2) is 0 Å². The first-order valence-electron chi connectivity index (χ1n) is 5.95. The smallest absolute Gasteiger partial charge is 0.226 e. The Kier molecular flexibility index (Phi) is 3.43. The first-order valence-corrected chi connectivity index (χ1v) is 5.95. The van der Waals surface area contributed by atoms with Crippen molar-refractivity contribution in [3.63, 3.8) is 0 Å². The van der Waals surface area contributed by atoms with Crippen molar-refractivity contribution < 1.29 is 14.6 Å². The van der Waals surface area contributed by atoms with Gasteiger partial charge in [-0.1, -0.05) is 12.1 Å². The Morgan fingerprint density at radius 1 is 1.50 bits per heavy atom. The number of anilines is 1. The third-order valence-corrected chi connectivity index (χ3v) is 2.91. The number of aliphatic hydroxyl groups is 1. The Balaban J connectivity index is 1.73. The molecule has 3 N–H and O–H groups in total. The lowest BCUT2D eigenvalue weighted by molar-refractivity contribution is -0.152. The summed E-state index contributed by atoms with van der Waals surface area (Å²) in [6.45, 7) is 2.82. The fourth-order valence-electron chi connectivity index (χ4n) is 1.97. The lowest BCUT2D eigenvalue weighted by Gasteiger charge is -2.44. The van der Waals surface area contributed by atoms with Gasteiger partial charge in [0.25, 0.3) is 0 Å². The van der Waals surface area contributed by atoms with Crippen molar-refractivity contribution in [3.05, 3.63) is 24.3 Å².